The molecule has 0 radical (unpaired) electrons. The number of aliphatic hydroxyl groups is 1. The van der Waals surface area contributed by atoms with Crippen LogP contribution in [0.2, 0.25) is 10.0 Å². The molecule has 1 N–H and O–H groups in total. The third-order valence-electron chi connectivity index (χ3n) is 5.69. The second kappa shape index (κ2) is 10.5. The SMILES string of the molecule is CCOc1ccc(N2C(=O)C(=O)/C(=C(/O)c3cc(Cl)c(OC)c(Cl)c3OC)C2c2ccncc2)cc1. The fraction of sp³-hybridized carbons (Fsp3) is 0.192. The van der Waals surface area contributed by atoms with Gasteiger partial charge in [0.25, 0.3) is 11.7 Å². The van der Waals surface area contributed by atoms with Crippen LogP contribution in [-0.4, -0.2) is 42.6 Å². The van der Waals surface area contributed by atoms with E-state index in [1.807, 2.05) is 6.92 Å². The van der Waals surface area contributed by atoms with Gasteiger partial charge in [-0.15, -0.1) is 0 Å². The van der Waals surface area contributed by atoms with E-state index in [2.05, 4.69) is 4.98 Å². The summed E-state index contributed by atoms with van der Waals surface area (Å²) < 4.78 is 16.1. The average molecular weight is 529 g/mol. The van der Waals surface area contributed by atoms with Gasteiger partial charge in [0, 0.05) is 18.1 Å². The van der Waals surface area contributed by atoms with Gasteiger partial charge in [-0.1, -0.05) is 23.2 Å². The molecule has 1 saturated heterocycles. The maximum atomic E-state index is 13.4. The lowest BCUT2D eigenvalue weighted by atomic mass is 9.95. The van der Waals surface area contributed by atoms with Crippen molar-refractivity contribution in [3.63, 3.8) is 0 Å². The van der Waals surface area contributed by atoms with Gasteiger partial charge in [0.05, 0.1) is 43.0 Å². The second-order valence-corrected chi connectivity index (χ2v) is 8.45. The average Bonchev–Trinajstić information content (AvgIpc) is 3.15. The predicted octanol–water partition coefficient (Wildman–Crippen LogP) is 5.43. The Balaban J connectivity index is 1.95. The number of ether oxygens (including phenoxy) is 3. The first kappa shape index (κ1) is 25.3. The molecule has 0 spiro atoms. The highest BCUT2D eigenvalue weighted by Crippen LogP contribution is 2.48. The molecule has 10 heteroatoms. The molecule has 2 aromatic carbocycles. The van der Waals surface area contributed by atoms with Gasteiger partial charge < -0.3 is 19.3 Å². The lowest BCUT2D eigenvalue weighted by molar-refractivity contribution is -0.132. The van der Waals surface area contributed by atoms with Gasteiger partial charge in [-0.05, 0) is 55.0 Å². The molecule has 0 aliphatic carbocycles. The third kappa shape index (κ3) is 4.34. The molecule has 4 rings (SSSR count). The zero-order chi connectivity index (χ0) is 26.0. The second-order valence-electron chi connectivity index (χ2n) is 7.66. The molecule has 1 amide bonds. The number of ketones is 1. The van der Waals surface area contributed by atoms with Crippen LogP contribution < -0.4 is 19.1 Å². The van der Waals surface area contributed by atoms with E-state index in [4.69, 9.17) is 37.4 Å². The number of amides is 1. The van der Waals surface area contributed by atoms with E-state index in [1.165, 1.54) is 37.6 Å². The molecule has 36 heavy (non-hydrogen) atoms. The van der Waals surface area contributed by atoms with E-state index < -0.39 is 23.5 Å². The number of carbonyl (C=O) groups excluding carboxylic acids is 2. The van der Waals surface area contributed by atoms with Gasteiger partial charge in [0.15, 0.2) is 11.5 Å². The highest BCUT2D eigenvalue weighted by atomic mass is 35.5. The summed E-state index contributed by atoms with van der Waals surface area (Å²) in [5.41, 5.74) is 0.885. The summed E-state index contributed by atoms with van der Waals surface area (Å²) in [5, 5.41) is 11.5. The van der Waals surface area contributed by atoms with Gasteiger partial charge in [0.2, 0.25) is 0 Å². The van der Waals surface area contributed by atoms with Gasteiger partial charge in [0.1, 0.15) is 16.5 Å². The lowest BCUT2D eigenvalue weighted by Crippen LogP contribution is -2.29. The van der Waals surface area contributed by atoms with Crippen LogP contribution in [0.15, 0.2) is 60.4 Å². The molecule has 3 aromatic rings. The number of rotatable bonds is 7. The van der Waals surface area contributed by atoms with E-state index in [9.17, 15) is 14.7 Å². The lowest BCUT2D eigenvalue weighted by Gasteiger charge is -2.25. The number of benzene rings is 2. The molecule has 1 unspecified atom stereocenters. The molecule has 8 nitrogen and oxygen atoms in total. The van der Waals surface area contributed by atoms with E-state index in [1.54, 1.807) is 36.4 Å². The summed E-state index contributed by atoms with van der Waals surface area (Å²) in [6, 6.07) is 10.5. The number of hydrogen-bond acceptors (Lipinski definition) is 7. The summed E-state index contributed by atoms with van der Waals surface area (Å²) in [6.07, 6.45) is 3.07. The Morgan fingerprint density at radius 2 is 1.67 bits per heavy atom. The maximum absolute atomic E-state index is 13.4. The van der Waals surface area contributed by atoms with Crippen molar-refractivity contribution in [1.82, 2.24) is 4.98 Å². The van der Waals surface area contributed by atoms with Crippen molar-refractivity contribution in [2.45, 2.75) is 13.0 Å². The number of aliphatic hydroxyl groups excluding tert-OH is 1. The number of nitrogens with zero attached hydrogens (tertiary/aromatic N) is 2. The van der Waals surface area contributed by atoms with Crippen molar-refractivity contribution in [3.05, 3.63) is 81.6 Å². The van der Waals surface area contributed by atoms with Crippen LogP contribution in [0.1, 0.15) is 24.1 Å². The molecule has 1 aliphatic rings. The zero-order valence-corrected chi connectivity index (χ0v) is 21.1. The Labute approximate surface area is 217 Å². The molecule has 1 aromatic heterocycles. The van der Waals surface area contributed by atoms with E-state index in [-0.39, 0.29) is 32.7 Å². The summed E-state index contributed by atoms with van der Waals surface area (Å²) in [6.45, 7) is 2.34. The van der Waals surface area contributed by atoms with Crippen molar-refractivity contribution >= 4 is 46.3 Å². The number of hydrogen-bond donors (Lipinski definition) is 1. The van der Waals surface area contributed by atoms with Crippen molar-refractivity contribution < 1.29 is 28.9 Å². The number of aromatic nitrogens is 1. The Morgan fingerprint density at radius 1 is 1.03 bits per heavy atom. The Morgan fingerprint density at radius 3 is 2.25 bits per heavy atom. The Bertz CT molecular complexity index is 1340. The number of halogens is 2. The number of carbonyl (C=O) groups is 2. The number of anilines is 1. The molecule has 2 heterocycles. The minimum Gasteiger partial charge on any atom is -0.507 e. The topological polar surface area (TPSA) is 98.2 Å². The fourth-order valence-electron chi connectivity index (χ4n) is 4.12. The van der Waals surface area contributed by atoms with E-state index >= 15 is 0 Å². The number of pyridine rings is 1. The largest absolute Gasteiger partial charge is 0.507 e. The quantitative estimate of drug-likeness (QED) is 0.248. The van der Waals surface area contributed by atoms with E-state index in [0.717, 1.165) is 0 Å². The molecule has 1 aliphatic heterocycles. The summed E-state index contributed by atoms with van der Waals surface area (Å²) >= 11 is 12.7. The zero-order valence-electron chi connectivity index (χ0n) is 19.6. The van der Waals surface area contributed by atoms with Crippen LogP contribution in [-0.2, 0) is 9.59 Å². The van der Waals surface area contributed by atoms with Crippen LogP contribution in [0.3, 0.4) is 0 Å². The van der Waals surface area contributed by atoms with Gasteiger partial charge in [-0.3, -0.25) is 19.5 Å². The monoisotopic (exact) mass is 528 g/mol. The molecular formula is C26H22Cl2N2O6. The maximum Gasteiger partial charge on any atom is 0.300 e. The molecule has 1 atom stereocenters. The van der Waals surface area contributed by atoms with Crippen LogP contribution in [0, 0.1) is 0 Å². The minimum absolute atomic E-state index is 0.00949. The summed E-state index contributed by atoms with van der Waals surface area (Å²) in [7, 11) is 2.74. The van der Waals surface area contributed by atoms with Crippen LogP contribution >= 0.6 is 23.2 Å². The van der Waals surface area contributed by atoms with Gasteiger partial charge in [-0.25, -0.2) is 0 Å². The smallest absolute Gasteiger partial charge is 0.300 e. The van der Waals surface area contributed by atoms with Crippen molar-refractivity contribution in [1.29, 1.82) is 0 Å². The van der Waals surface area contributed by atoms with Crippen molar-refractivity contribution in [3.8, 4) is 17.2 Å². The highest BCUT2D eigenvalue weighted by molar-refractivity contribution is 6.52. The van der Waals surface area contributed by atoms with Crippen molar-refractivity contribution in [2.24, 2.45) is 0 Å². The first-order chi connectivity index (χ1) is 17.3. The normalized spacial score (nSPS) is 16.8. The predicted molar refractivity (Wildman–Crippen MR) is 136 cm³/mol. The first-order valence-electron chi connectivity index (χ1n) is 10.9. The van der Waals surface area contributed by atoms with Crippen molar-refractivity contribution in [2.75, 3.05) is 25.7 Å². The van der Waals surface area contributed by atoms with Crippen LogP contribution in [0.5, 0.6) is 17.2 Å². The van der Waals surface area contributed by atoms with Crippen LogP contribution in [0.4, 0.5) is 5.69 Å². The van der Waals surface area contributed by atoms with Crippen LogP contribution in [0.25, 0.3) is 5.76 Å². The van der Waals surface area contributed by atoms with Gasteiger partial charge in [-0.2, -0.15) is 0 Å². The Hall–Kier alpha value is -3.75. The molecule has 1 fully saturated rings. The standard InChI is InChI=1S/C26H22Cl2N2O6/c1-4-36-16-7-5-15(6-8-16)30-21(14-9-11-29-12-10-14)19(23(32)26(30)33)22(31)17-13-18(27)25(35-3)20(28)24(17)34-2/h5-13,21,31H,4H2,1-3H3/b22-19+. The molecule has 0 saturated carbocycles. The fourth-order valence-corrected chi connectivity index (χ4v) is 4.81. The number of methoxy groups -OCH3 is 2. The minimum atomic E-state index is -0.963. The highest BCUT2D eigenvalue weighted by Gasteiger charge is 2.47. The van der Waals surface area contributed by atoms with E-state index in [0.29, 0.717) is 23.6 Å². The Kier molecular flexibility index (Phi) is 7.37. The first-order valence-corrected chi connectivity index (χ1v) is 11.6. The van der Waals surface area contributed by atoms with Gasteiger partial charge >= 0.3 is 0 Å². The molecule has 0 bridgehead atoms. The summed E-state index contributed by atoms with van der Waals surface area (Å²) in [5.74, 6) is -1.39. The molecular weight excluding hydrogens is 507 g/mol. The third-order valence-corrected chi connectivity index (χ3v) is 6.31. The number of Topliss-reactive ketones (excluding diaryl/α,β-unsaturated/α-hetero) is 1. The molecule has 186 valence electrons. The summed E-state index contributed by atoms with van der Waals surface area (Å²) in [4.78, 5) is 32.0.